The van der Waals surface area contributed by atoms with Crippen LogP contribution in [0.15, 0.2) is 30.5 Å². The Labute approximate surface area is 124 Å². The molecule has 1 aromatic heterocycles. The number of nitrogens with one attached hydrogen (secondary N) is 2. The molecule has 0 unspecified atom stereocenters. The fourth-order valence-electron chi connectivity index (χ4n) is 1.94. The van der Waals surface area contributed by atoms with Gasteiger partial charge >= 0.3 is 0 Å². The van der Waals surface area contributed by atoms with E-state index < -0.39 is 0 Å². The van der Waals surface area contributed by atoms with E-state index in [2.05, 4.69) is 15.7 Å². The monoisotopic (exact) mass is 288 g/mol. The molecule has 1 heterocycles. The van der Waals surface area contributed by atoms with Crippen molar-refractivity contribution in [3.05, 3.63) is 41.7 Å². The molecule has 21 heavy (non-hydrogen) atoms. The summed E-state index contributed by atoms with van der Waals surface area (Å²) in [5.41, 5.74) is 3.10. The summed E-state index contributed by atoms with van der Waals surface area (Å²) in [6.45, 7) is 2.69. The third-order valence-corrected chi connectivity index (χ3v) is 3.08. The molecule has 0 bridgehead atoms. The summed E-state index contributed by atoms with van der Waals surface area (Å²) in [6, 6.07) is 7.54. The zero-order valence-corrected chi connectivity index (χ0v) is 12.5. The number of likely N-dealkylation sites (N-methyl/N-ethyl adjacent to an activating group) is 1. The van der Waals surface area contributed by atoms with Gasteiger partial charge in [0, 0.05) is 44.2 Å². The number of benzene rings is 1. The van der Waals surface area contributed by atoms with Gasteiger partial charge < -0.3 is 15.4 Å². The zero-order chi connectivity index (χ0) is 15.2. The normalized spacial score (nSPS) is 10.2. The maximum atomic E-state index is 11.2. The topological polar surface area (TPSA) is 68.2 Å². The highest BCUT2D eigenvalue weighted by Crippen LogP contribution is 2.18. The first-order valence-electron chi connectivity index (χ1n) is 6.75. The Morgan fingerprint density at radius 3 is 2.90 bits per heavy atom. The molecule has 1 aromatic carbocycles. The number of hydrogen-bond acceptors (Lipinski definition) is 4. The second-order valence-electron chi connectivity index (χ2n) is 4.76. The van der Waals surface area contributed by atoms with E-state index in [0.717, 1.165) is 16.9 Å². The number of hydrogen-bond donors (Lipinski definition) is 2. The Balaban J connectivity index is 1.94. The fraction of sp³-hybridized carbons (Fsp3) is 0.333. The van der Waals surface area contributed by atoms with Crippen molar-refractivity contribution in [2.75, 3.05) is 19.0 Å². The maximum absolute atomic E-state index is 11.2. The molecule has 1 amide bonds. The van der Waals surface area contributed by atoms with Crippen LogP contribution in [0.25, 0.3) is 0 Å². The van der Waals surface area contributed by atoms with E-state index in [1.807, 2.05) is 44.4 Å². The van der Waals surface area contributed by atoms with Crippen LogP contribution in [-0.2, 0) is 18.4 Å². The number of aromatic nitrogens is 2. The van der Waals surface area contributed by atoms with Crippen LogP contribution in [-0.4, -0.2) is 29.3 Å². The summed E-state index contributed by atoms with van der Waals surface area (Å²) >= 11 is 0. The van der Waals surface area contributed by atoms with Gasteiger partial charge in [-0.05, 0) is 19.1 Å². The van der Waals surface area contributed by atoms with Crippen LogP contribution >= 0.6 is 0 Å². The van der Waals surface area contributed by atoms with Crippen LogP contribution in [0.2, 0.25) is 0 Å². The van der Waals surface area contributed by atoms with Gasteiger partial charge in [-0.2, -0.15) is 5.10 Å². The number of aryl methyl sites for hydroxylation is 2. The Bertz CT molecular complexity index is 622. The summed E-state index contributed by atoms with van der Waals surface area (Å²) < 4.78 is 7.21. The lowest BCUT2D eigenvalue weighted by molar-refractivity contribution is -0.122. The second-order valence-corrected chi connectivity index (χ2v) is 4.76. The first-order chi connectivity index (χ1) is 10.1. The SMILES string of the molecule is CNC(=O)COc1cccc(NCc2cn(C)nc2C)c1. The summed E-state index contributed by atoms with van der Waals surface area (Å²) in [6.07, 6.45) is 1.99. The highest BCUT2D eigenvalue weighted by Gasteiger charge is 2.04. The van der Waals surface area contributed by atoms with Crippen molar-refractivity contribution in [3.63, 3.8) is 0 Å². The van der Waals surface area contributed by atoms with Crippen LogP contribution in [0, 0.1) is 6.92 Å². The van der Waals surface area contributed by atoms with Crippen molar-refractivity contribution in [1.82, 2.24) is 15.1 Å². The van der Waals surface area contributed by atoms with Crippen molar-refractivity contribution >= 4 is 11.6 Å². The molecule has 0 spiro atoms. The quantitative estimate of drug-likeness (QED) is 0.844. The molecule has 0 atom stereocenters. The molecular weight excluding hydrogens is 268 g/mol. The predicted molar refractivity (Wildman–Crippen MR) is 81.3 cm³/mol. The molecule has 6 heteroatoms. The van der Waals surface area contributed by atoms with Crippen LogP contribution in [0.3, 0.4) is 0 Å². The molecule has 2 rings (SSSR count). The summed E-state index contributed by atoms with van der Waals surface area (Å²) in [7, 11) is 3.49. The highest BCUT2D eigenvalue weighted by molar-refractivity contribution is 5.77. The molecule has 0 aliphatic heterocycles. The van der Waals surface area contributed by atoms with Crippen molar-refractivity contribution in [3.8, 4) is 5.75 Å². The van der Waals surface area contributed by atoms with Crippen LogP contribution in [0.1, 0.15) is 11.3 Å². The molecule has 0 aliphatic rings. The van der Waals surface area contributed by atoms with E-state index in [4.69, 9.17) is 4.74 Å². The summed E-state index contributed by atoms with van der Waals surface area (Å²) in [5.74, 6) is 0.505. The lowest BCUT2D eigenvalue weighted by Gasteiger charge is -2.09. The van der Waals surface area contributed by atoms with Crippen LogP contribution < -0.4 is 15.4 Å². The summed E-state index contributed by atoms with van der Waals surface area (Å²) in [5, 5.41) is 10.1. The maximum Gasteiger partial charge on any atom is 0.257 e. The minimum Gasteiger partial charge on any atom is -0.484 e. The van der Waals surface area contributed by atoms with Gasteiger partial charge in [-0.15, -0.1) is 0 Å². The van der Waals surface area contributed by atoms with E-state index >= 15 is 0 Å². The van der Waals surface area contributed by atoms with Gasteiger partial charge in [-0.3, -0.25) is 9.48 Å². The number of carbonyl (C=O) groups is 1. The molecular formula is C15H20N4O2. The lowest BCUT2D eigenvalue weighted by Crippen LogP contribution is -2.24. The standard InChI is InChI=1S/C15H20N4O2/c1-11-12(9-19(3)18-11)8-17-13-5-4-6-14(7-13)21-10-15(20)16-2/h4-7,9,17H,8,10H2,1-3H3,(H,16,20). The Morgan fingerprint density at radius 1 is 1.43 bits per heavy atom. The Kier molecular flexibility index (Phi) is 4.81. The van der Waals surface area contributed by atoms with E-state index in [1.165, 1.54) is 0 Å². The zero-order valence-electron chi connectivity index (χ0n) is 12.5. The predicted octanol–water partition coefficient (Wildman–Crippen LogP) is 1.47. The number of rotatable bonds is 6. The third kappa shape index (κ3) is 4.24. The van der Waals surface area contributed by atoms with Crippen LogP contribution in [0.5, 0.6) is 5.75 Å². The summed E-state index contributed by atoms with van der Waals surface area (Å²) in [4.78, 5) is 11.2. The fourth-order valence-corrected chi connectivity index (χ4v) is 1.94. The number of ether oxygens (including phenoxy) is 1. The number of carbonyl (C=O) groups excluding carboxylic acids is 1. The number of nitrogens with zero attached hydrogens (tertiary/aromatic N) is 2. The van der Waals surface area contributed by atoms with Crippen molar-refractivity contribution in [1.29, 1.82) is 0 Å². The molecule has 6 nitrogen and oxygen atoms in total. The van der Waals surface area contributed by atoms with Gasteiger partial charge in [-0.1, -0.05) is 6.07 Å². The Morgan fingerprint density at radius 2 is 2.24 bits per heavy atom. The first-order valence-corrected chi connectivity index (χ1v) is 6.75. The molecule has 0 radical (unpaired) electrons. The van der Waals surface area contributed by atoms with Gasteiger partial charge in [0.2, 0.25) is 0 Å². The van der Waals surface area contributed by atoms with E-state index in [-0.39, 0.29) is 12.5 Å². The number of anilines is 1. The van der Waals surface area contributed by atoms with E-state index in [1.54, 1.807) is 11.7 Å². The molecule has 0 saturated carbocycles. The van der Waals surface area contributed by atoms with Gasteiger partial charge in [0.15, 0.2) is 6.61 Å². The van der Waals surface area contributed by atoms with Gasteiger partial charge in [0.05, 0.1) is 5.69 Å². The molecule has 0 aliphatic carbocycles. The van der Waals surface area contributed by atoms with Crippen LogP contribution in [0.4, 0.5) is 5.69 Å². The minimum atomic E-state index is -0.153. The van der Waals surface area contributed by atoms with E-state index in [0.29, 0.717) is 12.3 Å². The highest BCUT2D eigenvalue weighted by atomic mass is 16.5. The molecule has 0 fully saturated rings. The molecule has 112 valence electrons. The molecule has 2 N–H and O–H groups in total. The van der Waals surface area contributed by atoms with E-state index in [9.17, 15) is 4.79 Å². The lowest BCUT2D eigenvalue weighted by atomic mass is 10.2. The van der Waals surface area contributed by atoms with Gasteiger partial charge in [0.25, 0.3) is 5.91 Å². The second kappa shape index (κ2) is 6.78. The first kappa shape index (κ1) is 14.9. The van der Waals surface area contributed by atoms with Gasteiger partial charge in [-0.25, -0.2) is 0 Å². The van der Waals surface area contributed by atoms with Crippen molar-refractivity contribution in [2.45, 2.75) is 13.5 Å². The minimum absolute atomic E-state index is 0.0155. The molecule has 2 aromatic rings. The smallest absolute Gasteiger partial charge is 0.257 e. The van der Waals surface area contributed by atoms with Crippen molar-refractivity contribution in [2.24, 2.45) is 7.05 Å². The van der Waals surface area contributed by atoms with Crippen molar-refractivity contribution < 1.29 is 9.53 Å². The average molecular weight is 288 g/mol. The van der Waals surface area contributed by atoms with Gasteiger partial charge in [0.1, 0.15) is 5.75 Å². The molecule has 0 saturated heterocycles. The Hall–Kier alpha value is -2.50. The third-order valence-electron chi connectivity index (χ3n) is 3.08. The number of amides is 1. The average Bonchev–Trinajstić information content (AvgIpc) is 2.81. The largest absolute Gasteiger partial charge is 0.484 e.